The molecule has 2 aromatic carbocycles. The van der Waals surface area contributed by atoms with E-state index >= 15 is 0 Å². The summed E-state index contributed by atoms with van der Waals surface area (Å²) < 4.78 is 21.8. The minimum Gasteiger partial charge on any atom is -0.493 e. The molecule has 6 heteroatoms. The minimum atomic E-state index is 0.533. The van der Waals surface area contributed by atoms with Gasteiger partial charge in [0, 0.05) is 25.2 Å². The van der Waals surface area contributed by atoms with Gasteiger partial charge in [0.15, 0.2) is 23.0 Å². The average Bonchev–Trinajstić information content (AvgIpc) is 2.98. The third kappa shape index (κ3) is 13.4. The first-order valence-electron chi connectivity index (χ1n) is 15.7. The van der Waals surface area contributed by atoms with Gasteiger partial charge in [-0.15, -0.1) is 0 Å². The molecule has 0 bridgehead atoms. The Hall–Kier alpha value is -2.44. The summed E-state index contributed by atoms with van der Waals surface area (Å²) in [5.74, 6) is 4.57. The number of unbranched alkanes of at least 4 members (excludes halogenated alkanes) is 2. The lowest BCUT2D eigenvalue weighted by molar-refractivity contribution is 0.353. The van der Waals surface area contributed by atoms with Gasteiger partial charge in [0.2, 0.25) is 0 Å². The molecule has 2 aromatic rings. The van der Waals surface area contributed by atoms with E-state index in [1.807, 2.05) is 12.1 Å². The molecule has 0 fully saturated rings. The fraction of sp³-hybridized carbons (Fsp3) is 0.657. The summed E-state index contributed by atoms with van der Waals surface area (Å²) in [7, 11) is 6.75. The van der Waals surface area contributed by atoms with Crippen molar-refractivity contribution < 1.29 is 18.9 Å². The Balaban J connectivity index is 1.85. The molecule has 0 aliphatic rings. The van der Waals surface area contributed by atoms with Crippen molar-refractivity contribution in [2.24, 2.45) is 11.8 Å². The van der Waals surface area contributed by atoms with Crippen LogP contribution in [0.3, 0.4) is 0 Å². The SMILES string of the molecule is COc1ccc(CN[C@H](CCCCC[C@H](CCC(C)C)NCc2ccc(OC)c(OC)c2)CCC(C)C)cc1OC. The number of ether oxygens (including phenoxy) is 4. The molecule has 0 aliphatic heterocycles. The lowest BCUT2D eigenvalue weighted by atomic mass is 9.96. The van der Waals surface area contributed by atoms with Crippen molar-refractivity contribution in [3.8, 4) is 23.0 Å². The van der Waals surface area contributed by atoms with Crippen LogP contribution in [0.1, 0.15) is 96.6 Å². The van der Waals surface area contributed by atoms with Gasteiger partial charge in [-0.2, -0.15) is 0 Å². The third-order valence-corrected chi connectivity index (χ3v) is 7.88. The summed E-state index contributed by atoms with van der Waals surface area (Å²) in [5, 5.41) is 7.68. The predicted octanol–water partition coefficient (Wildman–Crippen LogP) is 8.16. The monoisotopic (exact) mass is 570 g/mol. The summed E-state index contributed by atoms with van der Waals surface area (Å²) in [4.78, 5) is 0. The zero-order valence-electron chi connectivity index (χ0n) is 27.2. The Morgan fingerprint density at radius 2 is 0.878 bits per heavy atom. The smallest absolute Gasteiger partial charge is 0.161 e. The second-order valence-corrected chi connectivity index (χ2v) is 12.1. The number of rotatable bonds is 22. The van der Waals surface area contributed by atoms with Gasteiger partial charge >= 0.3 is 0 Å². The van der Waals surface area contributed by atoms with Crippen molar-refractivity contribution in [1.82, 2.24) is 10.6 Å². The lowest BCUT2D eigenvalue weighted by Gasteiger charge is -2.22. The predicted molar refractivity (Wildman–Crippen MR) is 172 cm³/mol. The number of hydrogen-bond donors (Lipinski definition) is 2. The molecule has 0 aliphatic carbocycles. The standard InChI is InChI=1S/C35H58N2O4/c1-26(2)14-18-30(36-24-28-16-20-32(38-5)34(22-28)40-7)12-10-9-11-13-31(19-15-27(3)4)37-25-29-17-21-33(39-6)35(23-29)41-8/h16-17,20-23,26-27,30-31,36-37H,9-15,18-19,24-25H2,1-8H3/t30-,31-/m1/s1. The maximum atomic E-state index is 5.50. The molecule has 0 heterocycles. The van der Waals surface area contributed by atoms with Crippen molar-refractivity contribution in [3.05, 3.63) is 47.5 Å². The van der Waals surface area contributed by atoms with Crippen LogP contribution in [0.25, 0.3) is 0 Å². The zero-order valence-corrected chi connectivity index (χ0v) is 27.2. The highest BCUT2D eigenvalue weighted by atomic mass is 16.5. The molecule has 0 saturated heterocycles. The molecular formula is C35H58N2O4. The first-order valence-corrected chi connectivity index (χ1v) is 15.7. The highest BCUT2D eigenvalue weighted by Crippen LogP contribution is 2.29. The summed E-state index contributed by atoms with van der Waals surface area (Å²) in [6.07, 6.45) is 11.2. The molecule has 41 heavy (non-hydrogen) atoms. The largest absolute Gasteiger partial charge is 0.493 e. The normalized spacial score (nSPS) is 12.9. The minimum absolute atomic E-state index is 0.533. The summed E-state index contributed by atoms with van der Waals surface area (Å²) in [6.45, 7) is 11.0. The zero-order chi connectivity index (χ0) is 30.0. The molecule has 0 saturated carbocycles. The number of nitrogens with one attached hydrogen (secondary N) is 2. The van der Waals surface area contributed by atoms with Crippen LogP contribution in [0.4, 0.5) is 0 Å². The van der Waals surface area contributed by atoms with Crippen LogP contribution >= 0.6 is 0 Å². The third-order valence-electron chi connectivity index (χ3n) is 7.88. The van der Waals surface area contributed by atoms with E-state index in [0.29, 0.717) is 12.1 Å². The Bertz CT molecular complexity index is 901. The van der Waals surface area contributed by atoms with Crippen molar-refractivity contribution in [1.29, 1.82) is 0 Å². The van der Waals surface area contributed by atoms with Gasteiger partial charge in [0.05, 0.1) is 28.4 Å². The second-order valence-electron chi connectivity index (χ2n) is 12.1. The van der Waals surface area contributed by atoms with Crippen molar-refractivity contribution >= 4 is 0 Å². The second kappa shape index (κ2) is 19.6. The molecule has 0 aromatic heterocycles. The average molecular weight is 571 g/mol. The van der Waals surface area contributed by atoms with E-state index in [1.54, 1.807) is 28.4 Å². The molecule has 2 N–H and O–H groups in total. The van der Waals surface area contributed by atoms with E-state index in [0.717, 1.165) is 47.9 Å². The van der Waals surface area contributed by atoms with Gasteiger partial charge in [0.1, 0.15) is 0 Å². The topological polar surface area (TPSA) is 61.0 Å². The Morgan fingerprint density at radius 1 is 0.488 bits per heavy atom. The number of benzene rings is 2. The van der Waals surface area contributed by atoms with Crippen molar-refractivity contribution in [2.75, 3.05) is 28.4 Å². The fourth-order valence-corrected chi connectivity index (χ4v) is 5.23. The summed E-state index contributed by atoms with van der Waals surface area (Å²) in [6, 6.07) is 13.5. The van der Waals surface area contributed by atoms with Crippen LogP contribution in [0.15, 0.2) is 36.4 Å². The maximum absolute atomic E-state index is 5.50. The van der Waals surface area contributed by atoms with Crippen LogP contribution in [-0.4, -0.2) is 40.5 Å². The molecule has 232 valence electrons. The maximum Gasteiger partial charge on any atom is 0.161 e. The lowest BCUT2D eigenvalue weighted by Crippen LogP contribution is -2.29. The van der Waals surface area contributed by atoms with E-state index < -0.39 is 0 Å². The molecule has 2 rings (SSSR count). The molecule has 0 unspecified atom stereocenters. The first kappa shape index (κ1) is 34.8. The van der Waals surface area contributed by atoms with E-state index in [9.17, 15) is 0 Å². The fourth-order valence-electron chi connectivity index (χ4n) is 5.23. The molecule has 0 amide bonds. The number of methoxy groups -OCH3 is 4. The van der Waals surface area contributed by atoms with E-state index in [4.69, 9.17) is 18.9 Å². The first-order chi connectivity index (χ1) is 19.8. The molecule has 2 atom stereocenters. The quantitative estimate of drug-likeness (QED) is 0.139. The van der Waals surface area contributed by atoms with Gasteiger partial charge < -0.3 is 29.6 Å². The molecule has 0 radical (unpaired) electrons. The Morgan fingerprint density at radius 3 is 1.22 bits per heavy atom. The summed E-state index contributed by atoms with van der Waals surface area (Å²) in [5.41, 5.74) is 2.46. The van der Waals surface area contributed by atoms with Gasteiger partial charge in [-0.3, -0.25) is 0 Å². The Labute approximate surface area is 250 Å². The van der Waals surface area contributed by atoms with Crippen LogP contribution in [-0.2, 0) is 13.1 Å². The molecule has 6 nitrogen and oxygen atoms in total. The van der Waals surface area contributed by atoms with Crippen LogP contribution in [0, 0.1) is 11.8 Å². The summed E-state index contributed by atoms with van der Waals surface area (Å²) >= 11 is 0. The van der Waals surface area contributed by atoms with Crippen LogP contribution in [0.2, 0.25) is 0 Å². The van der Waals surface area contributed by atoms with Crippen LogP contribution in [0.5, 0.6) is 23.0 Å². The highest BCUT2D eigenvalue weighted by molar-refractivity contribution is 5.43. The highest BCUT2D eigenvalue weighted by Gasteiger charge is 2.13. The van der Waals surface area contributed by atoms with E-state index in [2.05, 4.69) is 62.6 Å². The Kier molecular flexibility index (Phi) is 16.7. The van der Waals surface area contributed by atoms with Gasteiger partial charge in [-0.1, -0.05) is 59.1 Å². The van der Waals surface area contributed by atoms with Gasteiger partial charge in [-0.05, 0) is 85.8 Å². The van der Waals surface area contributed by atoms with Gasteiger partial charge in [0.25, 0.3) is 0 Å². The van der Waals surface area contributed by atoms with E-state index in [1.165, 1.54) is 68.9 Å². The van der Waals surface area contributed by atoms with Crippen molar-refractivity contribution in [3.63, 3.8) is 0 Å². The van der Waals surface area contributed by atoms with E-state index in [-0.39, 0.29) is 0 Å². The molecule has 0 spiro atoms. The van der Waals surface area contributed by atoms with Gasteiger partial charge in [-0.25, -0.2) is 0 Å². The van der Waals surface area contributed by atoms with Crippen molar-refractivity contribution in [2.45, 2.75) is 111 Å². The van der Waals surface area contributed by atoms with Crippen LogP contribution < -0.4 is 29.6 Å². The number of hydrogen-bond acceptors (Lipinski definition) is 6. The molecular weight excluding hydrogens is 512 g/mol.